The quantitative estimate of drug-likeness (QED) is 0.555. The van der Waals surface area contributed by atoms with Crippen LogP contribution in [0.25, 0.3) is 0 Å². The van der Waals surface area contributed by atoms with Crippen LogP contribution in [0.3, 0.4) is 0 Å². The first-order valence-corrected chi connectivity index (χ1v) is 3.36. The molecule has 0 amide bonds. The summed E-state index contributed by atoms with van der Waals surface area (Å²) >= 11 is 0. The van der Waals surface area contributed by atoms with Crippen LogP contribution in [0.5, 0.6) is 0 Å². The van der Waals surface area contributed by atoms with Crippen LogP contribution in [-0.4, -0.2) is 12.3 Å². The van der Waals surface area contributed by atoms with Crippen molar-refractivity contribution < 1.29 is 4.79 Å². The Morgan fingerprint density at radius 3 is 2.82 bits per heavy atom. The maximum Gasteiger partial charge on any atom is 0.183 e. The molecule has 0 saturated carbocycles. The Kier molecular flexibility index (Phi) is 1.20. The second kappa shape index (κ2) is 2.07. The smallest absolute Gasteiger partial charge is 0.183 e. The molecule has 3 nitrogen and oxygen atoms in total. The average molecular weight is 148 g/mol. The summed E-state index contributed by atoms with van der Waals surface area (Å²) in [5, 5.41) is 11.7. The molecular formula is C8H6NO2-. The lowest BCUT2D eigenvalue weighted by Crippen LogP contribution is -2.13. The average Bonchev–Trinajstić information content (AvgIpc) is 2.30. The van der Waals surface area contributed by atoms with Crippen molar-refractivity contribution in [3.63, 3.8) is 0 Å². The zero-order valence-corrected chi connectivity index (χ0v) is 5.78. The molecule has 0 unspecified atom stereocenters. The van der Waals surface area contributed by atoms with Crippen molar-refractivity contribution in [3.05, 3.63) is 35.0 Å². The van der Waals surface area contributed by atoms with Crippen LogP contribution in [-0.2, 0) is 0 Å². The summed E-state index contributed by atoms with van der Waals surface area (Å²) in [5.41, 5.74) is 1.04. The SMILES string of the molecule is O=C1CN([O-])c2ccccc21. The molecule has 2 rings (SSSR count). The fraction of sp³-hybridized carbons (Fsp3) is 0.125. The van der Waals surface area contributed by atoms with Gasteiger partial charge in [0.25, 0.3) is 0 Å². The molecule has 0 saturated heterocycles. The number of hydrogen-bond donors (Lipinski definition) is 0. The van der Waals surface area contributed by atoms with Gasteiger partial charge in [0.1, 0.15) is 0 Å². The lowest BCUT2D eigenvalue weighted by atomic mass is 10.1. The molecule has 0 N–H and O–H groups in total. The third-order valence-corrected chi connectivity index (χ3v) is 1.76. The van der Waals surface area contributed by atoms with Gasteiger partial charge in [0.15, 0.2) is 5.78 Å². The highest BCUT2D eigenvalue weighted by Crippen LogP contribution is 2.25. The summed E-state index contributed by atoms with van der Waals surface area (Å²) in [6.07, 6.45) is 0. The molecule has 11 heavy (non-hydrogen) atoms. The lowest BCUT2D eigenvalue weighted by Gasteiger charge is -2.23. The van der Waals surface area contributed by atoms with Crippen molar-refractivity contribution in [2.24, 2.45) is 0 Å². The van der Waals surface area contributed by atoms with E-state index in [2.05, 4.69) is 0 Å². The van der Waals surface area contributed by atoms with Gasteiger partial charge in [-0.05, 0) is 12.1 Å². The van der Waals surface area contributed by atoms with Gasteiger partial charge in [-0.1, -0.05) is 12.1 Å². The number of Topliss-reactive ketones (excluding diaryl/α,β-unsaturated/α-hetero) is 1. The maximum atomic E-state index is 11.0. The Morgan fingerprint density at radius 2 is 2.09 bits per heavy atom. The van der Waals surface area contributed by atoms with Crippen LogP contribution in [0.2, 0.25) is 0 Å². The maximum absolute atomic E-state index is 11.0. The van der Waals surface area contributed by atoms with Crippen LogP contribution >= 0.6 is 0 Å². The zero-order chi connectivity index (χ0) is 7.84. The van der Waals surface area contributed by atoms with Crippen LogP contribution in [0.4, 0.5) is 5.69 Å². The summed E-state index contributed by atoms with van der Waals surface area (Å²) in [5.74, 6) is -0.0874. The highest BCUT2D eigenvalue weighted by atomic mass is 16.5. The van der Waals surface area contributed by atoms with Crippen LogP contribution in [0.15, 0.2) is 24.3 Å². The number of rotatable bonds is 0. The Hall–Kier alpha value is -1.35. The Labute approximate surface area is 63.8 Å². The van der Waals surface area contributed by atoms with Crippen molar-refractivity contribution in [2.75, 3.05) is 11.6 Å². The molecule has 1 aromatic rings. The minimum absolute atomic E-state index is 0.0284. The summed E-state index contributed by atoms with van der Waals surface area (Å²) in [6, 6.07) is 6.85. The lowest BCUT2D eigenvalue weighted by molar-refractivity contribution is 0.101. The van der Waals surface area contributed by atoms with Gasteiger partial charge in [-0.2, -0.15) is 0 Å². The molecule has 56 valence electrons. The summed E-state index contributed by atoms with van der Waals surface area (Å²) in [6.45, 7) is -0.0284. The highest BCUT2D eigenvalue weighted by molar-refractivity contribution is 6.08. The van der Waals surface area contributed by atoms with Crippen molar-refractivity contribution in [3.8, 4) is 0 Å². The minimum atomic E-state index is -0.0874. The molecule has 0 aromatic heterocycles. The number of anilines is 1. The molecule has 1 aliphatic heterocycles. The molecule has 0 atom stereocenters. The molecule has 1 aromatic carbocycles. The van der Waals surface area contributed by atoms with E-state index < -0.39 is 0 Å². The number of hydroxylamine groups is 1. The van der Waals surface area contributed by atoms with Crippen molar-refractivity contribution >= 4 is 11.5 Å². The molecule has 1 aliphatic rings. The van der Waals surface area contributed by atoms with Gasteiger partial charge in [-0.3, -0.25) is 4.79 Å². The predicted molar refractivity (Wildman–Crippen MR) is 41.5 cm³/mol. The molecule has 0 radical (unpaired) electrons. The molecule has 0 spiro atoms. The summed E-state index contributed by atoms with van der Waals surface area (Å²) < 4.78 is 0. The number of benzene rings is 1. The van der Waals surface area contributed by atoms with Crippen molar-refractivity contribution in [2.45, 2.75) is 0 Å². The van der Waals surface area contributed by atoms with E-state index in [0.29, 0.717) is 11.3 Å². The van der Waals surface area contributed by atoms with E-state index in [-0.39, 0.29) is 12.3 Å². The van der Waals surface area contributed by atoms with E-state index in [1.165, 1.54) is 0 Å². The van der Waals surface area contributed by atoms with Gasteiger partial charge in [-0.15, -0.1) is 0 Å². The normalized spacial score (nSPS) is 15.4. The molecule has 0 bridgehead atoms. The van der Waals surface area contributed by atoms with Crippen molar-refractivity contribution in [1.29, 1.82) is 0 Å². The Bertz CT molecular complexity index is 309. The predicted octanol–water partition coefficient (Wildman–Crippen LogP) is 1.19. The van der Waals surface area contributed by atoms with Gasteiger partial charge < -0.3 is 10.3 Å². The first-order chi connectivity index (χ1) is 5.29. The number of para-hydroxylation sites is 1. The van der Waals surface area contributed by atoms with E-state index in [1.807, 2.05) is 0 Å². The second-order valence-electron chi connectivity index (χ2n) is 2.48. The molecule has 1 heterocycles. The first kappa shape index (κ1) is 6.37. The van der Waals surface area contributed by atoms with E-state index in [1.54, 1.807) is 24.3 Å². The van der Waals surface area contributed by atoms with E-state index in [0.717, 1.165) is 5.06 Å². The monoisotopic (exact) mass is 148 g/mol. The number of nitrogens with zero attached hydrogens (tertiary/aromatic N) is 1. The molecule has 0 fully saturated rings. The molecule has 0 aliphatic carbocycles. The summed E-state index contributed by atoms with van der Waals surface area (Å²) in [7, 11) is 0. The van der Waals surface area contributed by atoms with E-state index in [9.17, 15) is 10.0 Å². The van der Waals surface area contributed by atoms with Gasteiger partial charge in [0.2, 0.25) is 0 Å². The van der Waals surface area contributed by atoms with E-state index in [4.69, 9.17) is 0 Å². The Morgan fingerprint density at radius 1 is 1.36 bits per heavy atom. The number of hydrogen-bond acceptors (Lipinski definition) is 3. The van der Waals surface area contributed by atoms with Gasteiger partial charge in [0.05, 0.1) is 6.54 Å². The van der Waals surface area contributed by atoms with Gasteiger partial charge in [-0.25, -0.2) is 0 Å². The first-order valence-electron chi connectivity index (χ1n) is 3.36. The molecular weight excluding hydrogens is 142 g/mol. The highest BCUT2D eigenvalue weighted by Gasteiger charge is 2.19. The largest absolute Gasteiger partial charge is 0.758 e. The standard InChI is InChI=1S/C8H6NO2/c10-8-5-9(11)7-4-2-1-3-6(7)8/h1-4H,5H2/q-1. The topological polar surface area (TPSA) is 43.4 Å². The van der Waals surface area contributed by atoms with E-state index >= 15 is 0 Å². The fourth-order valence-corrected chi connectivity index (χ4v) is 1.23. The minimum Gasteiger partial charge on any atom is -0.758 e. The van der Waals surface area contributed by atoms with Crippen molar-refractivity contribution in [1.82, 2.24) is 0 Å². The third-order valence-electron chi connectivity index (χ3n) is 1.76. The zero-order valence-electron chi connectivity index (χ0n) is 5.78. The second-order valence-corrected chi connectivity index (χ2v) is 2.48. The van der Waals surface area contributed by atoms with Gasteiger partial charge in [0, 0.05) is 11.3 Å². The number of carbonyl (C=O) groups excluding carboxylic acids is 1. The number of fused-ring (bicyclic) bond motifs is 1. The fourth-order valence-electron chi connectivity index (χ4n) is 1.23. The van der Waals surface area contributed by atoms with Crippen LogP contribution < -0.4 is 5.06 Å². The molecule has 3 heteroatoms. The van der Waals surface area contributed by atoms with Gasteiger partial charge >= 0.3 is 0 Å². The van der Waals surface area contributed by atoms with Crippen LogP contribution in [0, 0.1) is 5.21 Å². The van der Waals surface area contributed by atoms with Crippen LogP contribution in [0.1, 0.15) is 10.4 Å². The Balaban J connectivity index is 2.60. The third kappa shape index (κ3) is 0.816. The number of carbonyl (C=O) groups is 1. The summed E-state index contributed by atoms with van der Waals surface area (Å²) in [4.78, 5) is 11.0. The number of ketones is 1.